The molecule has 1 nitrogen and oxygen atoms in total. The topological polar surface area (TPSA) is 26.0 Å². The average molecular weight is 179 g/mol. The molecular weight excluding hydrogens is 158 g/mol. The second-order valence-corrected chi connectivity index (χ2v) is 4.72. The Hall–Kier alpha value is -0.300. The molecule has 2 rings (SSSR count). The largest absolute Gasteiger partial charge is 0.327 e. The van der Waals surface area contributed by atoms with Crippen molar-refractivity contribution in [2.24, 2.45) is 23.5 Å². The van der Waals surface area contributed by atoms with Gasteiger partial charge in [-0.2, -0.15) is 0 Å². The van der Waals surface area contributed by atoms with Gasteiger partial charge in [-0.1, -0.05) is 12.5 Å². The van der Waals surface area contributed by atoms with E-state index in [-0.39, 0.29) is 0 Å². The molecule has 2 aliphatic carbocycles. The molecule has 2 fully saturated rings. The van der Waals surface area contributed by atoms with Crippen molar-refractivity contribution in [1.29, 1.82) is 0 Å². The molecule has 0 aromatic rings. The molecular formula is C12H21N. The Morgan fingerprint density at radius 2 is 2.08 bits per heavy atom. The highest BCUT2D eigenvalue weighted by molar-refractivity contribution is 5.05. The maximum Gasteiger partial charge on any atom is 0.00727 e. The summed E-state index contributed by atoms with van der Waals surface area (Å²) in [4.78, 5) is 0. The van der Waals surface area contributed by atoms with E-state index in [4.69, 9.17) is 5.73 Å². The number of hydrogen-bond donors (Lipinski definition) is 1. The van der Waals surface area contributed by atoms with Gasteiger partial charge in [0, 0.05) is 6.04 Å². The second-order valence-electron chi connectivity index (χ2n) is 4.72. The quantitative estimate of drug-likeness (QED) is 0.509. The lowest BCUT2D eigenvalue weighted by atomic mass is 10.00. The van der Waals surface area contributed by atoms with Crippen molar-refractivity contribution >= 4 is 0 Å². The van der Waals surface area contributed by atoms with Crippen LogP contribution in [0.2, 0.25) is 0 Å². The molecule has 0 bridgehead atoms. The SMILES string of the molecule is C=CCCCC(N)C1C2CCCC21. The number of nitrogens with two attached hydrogens (primary N) is 1. The molecule has 2 saturated carbocycles. The monoisotopic (exact) mass is 179 g/mol. The van der Waals surface area contributed by atoms with Gasteiger partial charge >= 0.3 is 0 Å². The third-order valence-corrected chi connectivity index (χ3v) is 3.91. The van der Waals surface area contributed by atoms with Gasteiger partial charge in [-0.3, -0.25) is 0 Å². The van der Waals surface area contributed by atoms with Gasteiger partial charge in [-0.05, 0) is 49.9 Å². The van der Waals surface area contributed by atoms with Gasteiger partial charge in [-0.25, -0.2) is 0 Å². The Morgan fingerprint density at radius 3 is 2.69 bits per heavy atom. The summed E-state index contributed by atoms with van der Waals surface area (Å²) in [7, 11) is 0. The standard InChI is InChI=1S/C12H21N/c1-2-3-4-8-11(13)12-9-6-5-7-10(9)12/h2,9-12H,1,3-8,13H2. The zero-order chi connectivity index (χ0) is 9.26. The zero-order valence-electron chi connectivity index (χ0n) is 8.41. The normalized spacial score (nSPS) is 38.4. The summed E-state index contributed by atoms with van der Waals surface area (Å²) in [5.41, 5.74) is 6.18. The zero-order valence-corrected chi connectivity index (χ0v) is 8.41. The molecule has 0 aliphatic heterocycles. The number of rotatable bonds is 5. The van der Waals surface area contributed by atoms with Crippen molar-refractivity contribution < 1.29 is 0 Å². The molecule has 0 amide bonds. The molecule has 2 aliphatic rings. The fraction of sp³-hybridized carbons (Fsp3) is 0.833. The van der Waals surface area contributed by atoms with E-state index in [0.29, 0.717) is 6.04 Å². The maximum absolute atomic E-state index is 6.18. The van der Waals surface area contributed by atoms with Gasteiger partial charge in [0.15, 0.2) is 0 Å². The predicted octanol–water partition coefficient (Wildman–Crippen LogP) is 2.72. The van der Waals surface area contributed by atoms with Crippen LogP contribution in [0.4, 0.5) is 0 Å². The molecule has 2 N–H and O–H groups in total. The molecule has 0 radical (unpaired) electrons. The van der Waals surface area contributed by atoms with Gasteiger partial charge < -0.3 is 5.73 Å². The van der Waals surface area contributed by atoms with Gasteiger partial charge in [0.2, 0.25) is 0 Å². The van der Waals surface area contributed by atoms with Crippen molar-refractivity contribution in [2.75, 3.05) is 0 Å². The van der Waals surface area contributed by atoms with Crippen LogP contribution in [0.5, 0.6) is 0 Å². The van der Waals surface area contributed by atoms with Crippen molar-refractivity contribution in [3.63, 3.8) is 0 Å². The van der Waals surface area contributed by atoms with Crippen LogP contribution in [0.1, 0.15) is 38.5 Å². The highest BCUT2D eigenvalue weighted by Gasteiger charge is 2.54. The minimum Gasteiger partial charge on any atom is -0.327 e. The van der Waals surface area contributed by atoms with E-state index in [1.165, 1.54) is 32.1 Å². The Labute approximate surface area is 81.4 Å². The first-order valence-electron chi connectivity index (χ1n) is 5.71. The van der Waals surface area contributed by atoms with Crippen molar-refractivity contribution in [1.82, 2.24) is 0 Å². The van der Waals surface area contributed by atoms with Crippen LogP contribution in [0.25, 0.3) is 0 Å². The van der Waals surface area contributed by atoms with Crippen molar-refractivity contribution in [2.45, 2.75) is 44.6 Å². The summed E-state index contributed by atoms with van der Waals surface area (Å²) in [6.07, 6.45) is 9.97. The van der Waals surface area contributed by atoms with Crippen molar-refractivity contribution in [3.05, 3.63) is 12.7 Å². The first-order valence-corrected chi connectivity index (χ1v) is 5.71. The Morgan fingerprint density at radius 1 is 1.38 bits per heavy atom. The van der Waals surface area contributed by atoms with Gasteiger partial charge in [-0.15, -0.1) is 6.58 Å². The van der Waals surface area contributed by atoms with E-state index in [1.807, 2.05) is 6.08 Å². The number of allylic oxidation sites excluding steroid dienone is 1. The smallest absolute Gasteiger partial charge is 0.00727 e. The van der Waals surface area contributed by atoms with E-state index in [0.717, 1.165) is 24.2 Å². The predicted molar refractivity (Wildman–Crippen MR) is 56.3 cm³/mol. The van der Waals surface area contributed by atoms with E-state index < -0.39 is 0 Å². The minimum atomic E-state index is 0.496. The van der Waals surface area contributed by atoms with E-state index in [9.17, 15) is 0 Å². The Kier molecular flexibility index (Phi) is 2.73. The maximum atomic E-state index is 6.18. The molecule has 0 aromatic heterocycles. The molecule has 74 valence electrons. The lowest BCUT2D eigenvalue weighted by molar-refractivity contribution is 0.454. The molecule has 13 heavy (non-hydrogen) atoms. The highest BCUT2D eigenvalue weighted by Crippen LogP contribution is 2.59. The molecule has 3 unspecified atom stereocenters. The minimum absolute atomic E-state index is 0.496. The molecule has 3 atom stereocenters. The van der Waals surface area contributed by atoms with E-state index in [2.05, 4.69) is 6.58 Å². The second kappa shape index (κ2) is 3.83. The number of hydrogen-bond acceptors (Lipinski definition) is 1. The van der Waals surface area contributed by atoms with E-state index >= 15 is 0 Å². The fourth-order valence-electron chi connectivity index (χ4n) is 3.20. The summed E-state index contributed by atoms with van der Waals surface area (Å²) >= 11 is 0. The number of unbranched alkanes of at least 4 members (excludes halogenated alkanes) is 1. The Bertz CT molecular complexity index is 178. The van der Waals surface area contributed by atoms with Crippen molar-refractivity contribution in [3.8, 4) is 0 Å². The lowest BCUT2D eigenvalue weighted by Crippen LogP contribution is -2.24. The van der Waals surface area contributed by atoms with Gasteiger partial charge in [0.1, 0.15) is 0 Å². The Balaban J connectivity index is 1.67. The summed E-state index contributed by atoms with van der Waals surface area (Å²) in [6.45, 7) is 3.73. The third kappa shape index (κ3) is 1.80. The number of fused-ring (bicyclic) bond motifs is 1. The average Bonchev–Trinajstić information content (AvgIpc) is 2.61. The molecule has 0 aromatic carbocycles. The van der Waals surface area contributed by atoms with Crippen LogP contribution in [0.15, 0.2) is 12.7 Å². The van der Waals surface area contributed by atoms with Crippen LogP contribution >= 0.6 is 0 Å². The van der Waals surface area contributed by atoms with Crippen LogP contribution in [0, 0.1) is 17.8 Å². The lowest BCUT2D eigenvalue weighted by Gasteiger charge is -2.12. The summed E-state index contributed by atoms with van der Waals surface area (Å²) in [5.74, 6) is 2.95. The summed E-state index contributed by atoms with van der Waals surface area (Å²) < 4.78 is 0. The molecule has 0 saturated heterocycles. The van der Waals surface area contributed by atoms with Gasteiger partial charge in [0.05, 0.1) is 0 Å². The van der Waals surface area contributed by atoms with E-state index in [1.54, 1.807) is 0 Å². The first kappa shape index (κ1) is 9.26. The summed E-state index contributed by atoms with van der Waals surface area (Å²) in [5, 5.41) is 0. The van der Waals surface area contributed by atoms with Gasteiger partial charge in [0.25, 0.3) is 0 Å². The first-order chi connectivity index (χ1) is 6.34. The highest BCUT2D eigenvalue weighted by atomic mass is 14.7. The molecule has 0 spiro atoms. The molecule has 0 heterocycles. The summed E-state index contributed by atoms with van der Waals surface area (Å²) in [6, 6.07) is 0.496. The van der Waals surface area contributed by atoms with Crippen LogP contribution in [-0.2, 0) is 0 Å². The fourth-order valence-corrected chi connectivity index (χ4v) is 3.20. The van der Waals surface area contributed by atoms with Crippen LogP contribution < -0.4 is 5.73 Å². The van der Waals surface area contributed by atoms with Crippen LogP contribution in [0.3, 0.4) is 0 Å². The third-order valence-electron chi connectivity index (χ3n) is 3.91. The molecule has 1 heteroatoms. The van der Waals surface area contributed by atoms with Crippen LogP contribution in [-0.4, -0.2) is 6.04 Å².